The van der Waals surface area contributed by atoms with Crippen LogP contribution in [0.2, 0.25) is 0 Å². The minimum absolute atomic E-state index is 0.125. The number of alkyl halides is 5. The first-order valence-corrected chi connectivity index (χ1v) is 5.81. The molecule has 0 aromatic heterocycles. The summed E-state index contributed by atoms with van der Waals surface area (Å²) in [6, 6.07) is 4.88. The van der Waals surface area contributed by atoms with E-state index in [1.807, 2.05) is 0 Å². The zero-order chi connectivity index (χ0) is 12.3. The van der Waals surface area contributed by atoms with Crippen LogP contribution in [0.15, 0.2) is 24.3 Å². The summed E-state index contributed by atoms with van der Waals surface area (Å²) in [6.45, 7) is 0. The number of halogens is 5. The van der Waals surface area contributed by atoms with Gasteiger partial charge >= 0.3 is 6.36 Å². The minimum atomic E-state index is -4.76. The zero-order valence-electron chi connectivity index (χ0n) is 7.59. The number of hydrogen-bond acceptors (Lipinski definition) is 2. The number of carbonyl (C=O) groups excluding carboxylic acids is 1. The van der Waals surface area contributed by atoms with Gasteiger partial charge in [0, 0.05) is 5.56 Å². The molecule has 1 aromatic rings. The summed E-state index contributed by atoms with van der Waals surface area (Å²) in [5.74, 6) is -0.799. The van der Waals surface area contributed by atoms with E-state index in [1.165, 1.54) is 12.1 Å². The van der Waals surface area contributed by atoms with Crippen molar-refractivity contribution in [3.05, 3.63) is 29.8 Å². The normalized spacial score (nSPS) is 11.6. The lowest BCUT2D eigenvalue weighted by Gasteiger charge is -2.09. The fourth-order valence-corrected chi connectivity index (χ4v) is 1.50. The van der Waals surface area contributed by atoms with Crippen LogP contribution in [-0.2, 0) is 0 Å². The van der Waals surface area contributed by atoms with Gasteiger partial charge in [0.25, 0.3) is 0 Å². The van der Waals surface area contributed by atoms with Gasteiger partial charge in [0.05, 0.1) is 0 Å². The summed E-state index contributed by atoms with van der Waals surface area (Å²) >= 11 is 5.93. The van der Waals surface area contributed by atoms with Crippen LogP contribution in [0.5, 0.6) is 5.75 Å². The van der Waals surface area contributed by atoms with Crippen molar-refractivity contribution in [2.75, 3.05) is 0 Å². The Morgan fingerprint density at radius 1 is 1.31 bits per heavy atom. The standard InChI is InChI=1S/C9H5Br2F3O2/c10-8(11)7(15)5-2-1-3-6(4-5)16-9(12,13)14/h1-4,8H. The Kier molecular flexibility index (Phi) is 4.37. The van der Waals surface area contributed by atoms with Gasteiger partial charge in [-0.3, -0.25) is 4.79 Å². The molecule has 0 fully saturated rings. The quantitative estimate of drug-likeness (QED) is 0.603. The lowest BCUT2D eigenvalue weighted by atomic mass is 10.1. The molecular weight excluding hydrogens is 357 g/mol. The van der Waals surface area contributed by atoms with E-state index in [1.54, 1.807) is 0 Å². The topological polar surface area (TPSA) is 26.3 Å². The summed E-state index contributed by atoms with van der Waals surface area (Å²) in [7, 11) is 0. The molecule has 0 atom stereocenters. The highest BCUT2D eigenvalue weighted by Crippen LogP contribution is 2.25. The molecule has 0 saturated heterocycles. The van der Waals surface area contributed by atoms with Gasteiger partial charge in [0.15, 0.2) is 5.78 Å². The van der Waals surface area contributed by atoms with Gasteiger partial charge in [-0.2, -0.15) is 0 Å². The van der Waals surface area contributed by atoms with Crippen LogP contribution in [0.1, 0.15) is 10.4 Å². The minimum Gasteiger partial charge on any atom is -0.406 e. The SMILES string of the molecule is O=C(c1cccc(OC(F)(F)F)c1)C(Br)Br. The van der Waals surface area contributed by atoms with Crippen LogP contribution < -0.4 is 4.74 Å². The van der Waals surface area contributed by atoms with Gasteiger partial charge < -0.3 is 4.74 Å². The van der Waals surface area contributed by atoms with Crippen LogP contribution in [0.4, 0.5) is 13.2 Å². The van der Waals surface area contributed by atoms with Gasteiger partial charge in [-0.1, -0.05) is 44.0 Å². The van der Waals surface area contributed by atoms with E-state index >= 15 is 0 Å². The van der Waals surface area contributed by atoms with Crippen molar-refractivity contribution in [3.63, 3.8) is 0 Å². The number of hydrogen-bond donors (Lipinski definition) is 0. The van der Waals surface area contributed by atoms with Gasteiger partial charge in [0.2, 0.25) is 0 Å². The molecule has 0 amide bonds. The number of Topliss-reactive ketones (excluding diaryl/α,β-unsaturated/α-hetero) is 1. The highest BCUT2D eigenvalue weighted by molar-refractivity contribution is 9.25. The largest absolute Gasteiger partial charge is 0.573 e. The van der Waals surface area contributed by atoms with Crippen molar-refractivity contribution in [2.24, 2.45) is 0 Å². The monoisotopic (exact) mass is 360 g/mol. The molecule has 1 rings (SSSR count). The number of ether oxygens (including phenoxy) is 1. The molecule has 0 radical (unpaired) electrons. The van der Waals surface area contributed by atoms with Gasteiger partial charge in [-0.05, 0) is 12.1 Å². The second-order valence-electron chi connectivity index (χ2n) is 2.74. The molecule has 0 heterocycles. The highest BCUT2D eigenvalue weighted by Gasteiger charge is 2.31. The Hall–Kier alpha value is -0.560. The van der Waals surface area contributed by atoms with Crippen molar-refractivity contribution < 1.29 is 22.7 Å². The third-order valence-electron chi connectivity index (χ3n) is 1.55. The van der Waals surface area contributed by atoms with Gasteiger partial charge in [0.1, 0.15) is 9.49 Å². The molecule has 0 aliphatic rings. The molecule has 0 saturated carbocycles. The van der Waals surface area contributed by atoms with Crippen molar-refractivity contribution in [2.45, 2.75) is 10.1 Å². The van der Waals surface area contributed by atoms with Crippen molar-refractivity contribution in [1.82, 2.24) is 0 Å². The molecule has 0 N–H and O–H groups in total. The molecule has 2 nitrogen and oxygen atoms in total. The summed E-state index contributed by atoms with van der Waals surface area (Å²) in [4.78, 5) is 11.4. The number of ketones is 1. The summed E-state index contributed by atoms with van der Waals surface area (Å²) in [5.41, 5.74) is 0.125. The van der Waals surface area contributed by atoms with Crippen molar-refractivity contribution in [1.29, 1.82) is 0 Å². The van der Waals surface area contributed by atoms with E-state index in [-0.39, 0.29) is 11.3 Å². The maximum atomic E-state index is 11.9. The smallest absolute Gasteiger partial charge is 0.406 e. The summed E-state index contributed by atoms with van der Waals surface area (Å²) in [5, 5.41) is 0. The molecule has 16 heavy (non-hydrogen) atoms. The second kappa shape index (κ2) is 5.18. The van der Waals surface area contributed by atoms with E-state index < -0.39 is 15.8 Å². The first-order chi connectivity index (χ1) is 7.29. The van der Waals surface area contributed by atoms with E-state index in [4.69, 9.17) is 0 Å². The Labute approximate surface area is 106 Å². The van der Waals surface area contributed by atoms with Crippen molar-refractivity contribution >= 4 is 37.6 Å². The third-order valence-corrected chi connectivity index (χ3v) is 2.38. The van der Waals surface area contributed by atoms with Crippen molar-refractivity contribution in [3.8, 4) is 5.75 Å². The molecule has 88 valence electrons. The molecule has 0 bridgehead atoms. The zero-order valence-corrected chi connectivity index (χ0v) is 10.8. The first kappa shape index (κ1) is 13.5. The maximum absolute atomic E-state index is 11.9. The molecule has 7 heteroatoms. The van der Waals surface area contributed by atoms with Crippen LogP contribution in [0.25, 0.3) is 0 Å². The second-order valence-corrected chi connectivity index (χ2v) is 5.80. The summed E-state index contributed by atoms with van der Waals surface area (Å²) in [6.07, 6.45) is -4.76. The lowest BCUT2D eigenvalue weighted by molar-refractivity contribution is -0.274. The Bertz CT molecular complexity index is 391. The van der Waals surface area contributed by atoms with Gasteiger partial charge in [-0.15, -0.1) is 13.2 Å². The molecule has 0 spiro atoms. The fraction of sp³-hybridized carbons (Fsp3) is 0.222. The first-order valence-electron chi connectivity index (χ1n) is 3.98. The maximum Gasteiger partial charge on any atom is 0.573 e. The van der Waals surface area contributed by atoms with Gasteiger partial charge in [-0.25, -0.2) is 0 Å². The summed E-state index contributed by atoms with van der Waals surface area (Å²) < 4.78 is 38.8. The van der Waals surface area contributed by atoms with Crippen LogP contribution in [0, 0.1) is 0 Å². The Balaban J connectivity index is 2.91. The molecule has 0 aliphatic heterocycles. The average Bonchev–Trinajstić information content (AvgIpc) is 2.14. The predicted octanol–water partition coefficient (Wildman–Crippen LogP) is 3.88. The Morgan fingerprint density at radius 3 is 2.44 bits per heavy atom. The predicted molar refractivity (Wildman–Crippen MR) is 59.1 cm³/mol. The molecule has 1 aromatic carbocycles. The van der Waals surface area contributed by atoms with E-state index in [9.17, 15) is 18.0 Å². The molecule has 0 unspecified atom stereocenters. The third kappa shape index (κ3) is 4.13. The van der Waals surface area contributed by atoms with E-state index in [2.05, 4.69) is 36.6 Å². The Morgan fingerprint density at radius 2 is 1.94 bits per heavy atom. The average molecular weight is 362 g/mol. The highest BCUT2D eigenvalue weighted by atomic mass is 79.9. The van der Waals surface area contributed by atoms with E-state index in [0.29, 0.717) is 0 Å². The lowest BCUT2D eigenvalue weighted by Crippen LogP contribution is -2.17. The number of rotatable bonds is 3. The van der Waals surface area contributed by atoms with E-state index in [0.717, 1.165) is 12.1 Å². The number of benzene rings is 1. The molecule has 0 aliphatic carbocycles. The fourth-order valence-electron chi connectivity index (χ4n) is 0.972. The van der Waals surface area contributed by atoms with Crippen LogP contribution in [0.3, 0.4) is 0 Å². The van der Waals surface area contributed by atoms with Crippen LogP contribution in [-0.4, -0.2) is 15.9 Å². The molecular formula is C9H5Br2F3O2. The van der Waals surface area contributed by atoms with Crippen LogP contribution >= 0.6 is 31.9 Å². The number of carbonyl (C=O) groups is 1.